The van der Waals surface area contributed by atoms with Crippen LogP contribution in [0.15, 0.2) is 6.20 Å². The average molecular weight is 226 g/mol. The van der Waals surface area contributed by atoms with Crippen molar-refractivity contribution in [3.05, 3.63) is 11.1 Å². The fraction of sp³-hybridized carbons (Fsp3) is 0.556. The Labute approximate surface area is 92.3 Å². The van der Waals surface area contributed by atoms with Crippen molar-refractivity contribution in [3.8, 4) is 0 Å². The highest BCUT2D eigenvalue weighted by atomic mass is 32.1. The van der Waals surface area contributed by atoms with Gasteiger partial charge in [0.15, 0.2) is 5.13 Å². The molecule has 0 saturated carbocycles. The first-order valence-corrected chi connectivity index (χ1v) is 5.80. The number of piperidine rings is 1. The van der Waals surface area contributed by atoms with Gasteiger partial charge < -0.3 is 4.90 Å². The van der Waals surface area contributed by atoms with E-state index in [1.807, 2.05) is 4.90 Å². The Morgan fingerprint density at radius 2 is 2.47 bits per heavy atom. The van der Waals surface area contributed by atoms with Crippen molar-refractivity contribution < 1.29 is 4.79 Å². The maximum Gasteiger partial charge on any atom is 0.222 e. The monoisotopic (exact) mass is 226 g/mol. The minimum Gasteiger partial charge on any atom is -0.337 e. The Balaban J connectivity index is 1.98. The van der Waals surface area contributed by atoms with Crippen LogP contribution in [0.25, 0.3) is 0 Å². The van der Waals surface area contributed by atoms with E-state index in [2.05, 4.69) is 10.4 Å². The van der Waals surface area contributed by atoms with Gasteiger partial charge in [0.05, 0.1) is 6.54 Å². The van der Waals surface area contributed by atoms with Crippen LogP contribution in [-0.4, -0.2) is 22.3 Å². The molecular weight excluding hydrogens is 212 g/mol. The summed E-state index contributed by atoms with van der Waals surface area (Å²) in [5, 5.41) is 0.689. The van der Waals surface area contributed by atoms with Gasteiger partial charge in [0.25, 0.3) is 0 Å². The Morgan fingerprint density at radius 3 is 3.13 bits per heavy atom. The largest absolute Gasteiger partial charge is 0.337 e. The molecule has 0 unspecified atom stereocenters. The first kappa shape index (κ1) is 10.4. The van der Waals surface area contributed by atoms with Crippen LogP contribution in [0, 0.1) is 0 Å². The number of likely N-dealkylation sites (tertiary alicyclic amines) is 1. The van der Waals surface area contributed by atoms with Crippen molar-refractivity contribution in [2.24, 2.45) is 5.84 Å². The molecule has 6 heteroatoms. The number of nitrogens with two attached hydrogens (primary N) is 1. The molecule has 2 rings (SSSR count). The Kier molecular flexibility index (Phi) is 3.17. The van der Waals surface area contributed by atoms with Crippen molar-refractivity contribution in [2.45, 2.75) is 25.8 Å². The van der Waals surface area contributed by atoms with Crippen molar-refractivity contribution in [3.63, 3.8) is 0 Å². The van der Waals surface area contributed by atoms with E-state index >= 15 is 0 Å². The lowest BCUT2D eigenvalue weighted by atomic mass is 10.1. The maximum atomic E-state index is 11.5. The van der Waals surface area contributed by atoms with Crippen LogP contribution in [0.3, 0.4) is 0 Å². The molecule has 0 spiro atoms. The number of nitrogen functional groups attached to an aromatic ring is 1. The molecular formula is C9H14N4OS. The highest BCUT2D eigenvalue weighted by Crippen LogP contribution is 2.20. The Morgan fingerprint density at radius 1 is 1.60 bits per heavy atom. The van der Waals surface area contributed by atoms with Crippen molar-refractivity contribution in [1.82, 2.24) is 9.88 Å². The van der Waals surface area contributed by atoms with Gasteiger partial charge in [-0.05, 0) is 12.8 Å². The Bertz CT molecular complexity index is 352. The van der Waals surface area contributed by atoms with E-state index in [4.69, 9.17) is 5.84 Å². The highest BCUT2D eigenvalue weighted by Gasteiger charge is 2.18. The lowest BCUT2D eigenvalue weighted by Crippen LogP contribution is -2.34. The van der Waals surface area contributed by atoms with E-state index in [1.165, 1.54) is 11.3 Å². The quantitative estimate of drug-likeness (QED) is 0.594. The maximum absolute atomic E-state index is 11.5. The van der Waals surface area contributed by atoms with E-state index in [-0.39, 0.29) is 5.91 Å². The molecule has 1 saturated heterocycles. The predicted octanol–water partition coefficient (Wildman–Crippen LogP) is 0.941. The summed E-state index contributed by atoms with van der Waals surface area (Å²) >= 11 is 1.49. The van der Waals surface area contributed by atoms with E-state index in [1.54, 1.807) is 6.20 Å². The molecule has 1 aromatic rings. The van der Waals surface area contributed by atoms with E-state index in [9.17, 15) is 4.79 Å². The third kappa shape index (κ3) is 2.45. The minimum atomic E-state index is 0.247. The summed E-state index contributed by atoms with van der Waals surface area (Å²) in [5.41, 5.74) is 2.50. The van der Waals surface area contributed by atoms with Crippen LogP contribution in [-0.2, 0) is 11.3 Å². The van der Waals surface area contributed by atoms with Gasteiger partial charge >= 0.3 is 0 Å². The summed E-state index contributed by atoms with van der Waals surface area (Å²) in [6.07, 6.45) is 4.57. The number of anilines is 1. The van der Waals surface area contributed by atoms with Gasteiger partial charge in [0.2, 0.25) is 5.91 Å². The molecule has 0 aromatic carbocycles. The van der Waals surface area contributed by atoms with Gasteiger partial charge in [0, 0.05) is 24.0 Å². The summed E-state index contributed by atoms with van der Waals surface area (Å²) in [4.78, 5) is 18.6. The second-order valence-corrected chi connectivity index (χ2v) is 4.66. The number of nitrogens with zero attached hydrogens (tertiary/aromatic N) is 2. The molecule has 0 bridgehead atoms. The molecule has 15 heavy (non-hydrogen) atoms. The number of carbonyl (C=O) groups is 1. The number of nitrogens with one attached hydrogen (secondary N) is 1. The van der Waals surface area contributed by atoms with E-state index in [0.29, 0.717) is 18.1 Å². The van der Waals surface area contributed by atoms with Crippen LogP contribution in [0.5, 0.6) is 0 Å². The standard InChI is InChI=1S/C9H14N4OS/c10-12-9-11-5-7(15-9)6-13-4-2-1-3-8(13)14/h5H,1-4,6,10H2,(H,11,12). The smallest absolute Gasteiger partial charge is 0.222 e. The summed E-state index contributed by atoms with van der Waals surface area (Å²) in [7, 11) is 0. The van der Waals surface area contributed by atoms with E-state index < -0.39 is 0 Å². The molecule has 1 aromatic heterocycles. The molecule has 5 nitrogen and oxygen atoms in total. The highest BCUT2D eigenvalue weighted by molar-refractivity contribution is 7.15. The van der Waals surface area contributed by atoms with Crippen molar-refractivity contribution >= 4 is 22.4 Å². The van der Waals surface area contributed by atoms with Gasteiger partial charge in [-0.15, -0.1) is 0 Å². The molecule has 82 valence electrons. The second-order valence-electron chi connectivity index (χ2n) is 3.55. The van der Waals surface area contributed by atoms with Crippen molar-refractivity contribution in [1.29, 1.82) is 0 Å². The van der Waals surface area contributed by atoms with Crippen LogP contribution in [0.2, 0.25) is 0 Å². The van der Waals surface area contributed by atoms with Crippen LogP contribution >= 0.6 is 11.3 Å². The summed E-state index contributed by atoms with van der Waals surface area (Å²) in [6, 6.07) is 0. The Hall–Kier alpha value is -1.14. The number of hydrogen-bond acceptors (Lipinski definition) is 5. The number of hydrogen-bond donors (Lipinski definition) is 2. The number of hydrazine groups is 1. The molecule has 1 fully saturated rings. The van der Waals surface area contributed by atoms with Crippen molar-refractivity contribution in [2.75, 3.05) is 12.0 Å². The second kappa shape index (κ2) is 4.59. The number of thiazole rings is 1. The third-order valence-corrected chi connectivity index (χ3v) is 3.36. The van der Waals surface area contributed by atoms with Gasteiger partial charge in [0.1, 0.15) is 0 Å². The summed E-state index contributed by atoms with van der Waals surface area (Å²) < 4.78 is 0. The SMILES string of the molecule is NNc1ncc(CN2CCCCC2=O)s1. The molecule has 1 aliphatic heterocycles. The number of carbonyl (C=O) groups excluding carboxylic acids is 1. The first-order chi connectivity index (χ1) is 7.29. The molecule has 0 aliphatic carbocycles. The van der Waals surface area contributed by atoms with Crippen LogP contribution in [0.4, 0.5) is 5.13 Å². The zero-order valence-corrected chi connectivity index (χ0v) is 9.22. The lowest BCUT2D eigenvalue weighted by molar-refractivity contribution is -0.133. The zero-order chi connectivity index (χ0) is 10.7. The molecule has 0 atom stereocenters. The number of aromatic nitrogens is 1. The molecule has 1 amide bonds. The third-order valence-electron chi connectivity index (χ3n) is 2.45. The summed E-state index contributed by atoms with van der Waals surface area (Å²) in [6.45, 7) is 1.53. The van der Waals surface area contributed by atoms with Gasteiger partial charge in [-0.1, -0.05) is 11.3 Å². The van der Waals surface area contributed by atoms with Gasteiger partial charge in [-0.25, -0.2) is 10.8 Å². The molecule has 3 N–H and O–H groups in total. The molecule has 2 heterocycles. The zero-order valence-electron chi connectivity index (χ0n) is 8.40. The lowest BCUT2D eigenvalue weighted by Gasteiger charge is -2.25. The summed E-state index contributed by atoms with van der Waals surface area (Å²) in [5.74, 6) is 5.49. The number of amides is 1. The van der Waals surface area contributed by atoms with E-state index in [0.717, 1.165) is 24.3 Å². The average Bonchev–Trinajstić information content (AvgIpc) is 2.69. The van der Waals surface area contributed by atoms with Crippen LogP contribution in [0.1, 0.15) is 24.1 Å². The number of rotatable bonds is 3. The van der Waals surface area contributed by atoms with Gasteiger partial charge in [-0.2, -0.15) is 0 Å². The topological polar surface area (TPSA) is 71.2 Å². The van der Waals surface area contributed by atoms with Gasteiger partial charge in [-0.3, -0.25) is 10.2 Å². The first-order valence-electron chi connectivity index (χ1n) is 4.98. The molecule has 1 aliphatic rings. The minimum absolute atomic E-state index is 0.247. The predicted molar refractivity (Wildman–Crippen MR) is 59.2 cm³/mol. The fourth-order valence-corrected chi connectivity index (χ4v) is 2.40. The fourth-order valence-electron chi connectivity index (χ4n) is 1.66. The van der Waals surface area contributed by atoms with Crippen LogP contribution < -0.4 is 11.3 Å². The molecule has 0 radical (unpaired) electrons. The normalized spacial score (nSPS) is 16.9.